The van der Waals surface area contributed by atoms with E-state index >= 15 is 0 Å². The fraction of sp³-hybridized carbons (Fsp3) is 0.200. The summed E-state index contributed by atoms with van der Waals surface area (Å²) in [6.07, 6.45) is 13.3. The zero-order valence-corrected chi connectivity index (χ0v) is 11.3. The van der Waals surface area contributed by atoms with Crippen LogP contribution in [0.5, 0.6) is 0 Å². The lowest BCUT2D eigenvalue weighted by atomic mass is 10.2. The standard InChI is InChI=1S/C15H18N4/c1-4-6-13(7-5-2)11-17-14-15-18-10-12(3)19(15)9-8-16-14/h4-10H,1,11H2,2-3H3,(H,16,17)/b7-5-,13-6+. The summed E-state index contributed by atoms with van der Waals surface area (Å²) in [6, 6.07) is 0. The van der Waals surface area contributed by atoms with Crippen molar-refractivity contribution >= 4 is 11.5 Å². The molecule has 0 atom stereocenters. The van der Waals surface area contributed by atoms with Gasteiger partial charge in [0.25, 0.3) is 0 Å². The molecule has 0 bridgehead atoms. The van der Waals surface area contributed by atoms with Crippen molar-refractivity contribution in [2.45, 2.75) is 13.8 Å². The molecule has 2 aromatic rings. The number of hydrogen-bond donors (Lipinski definition) is 1. The maximum absolute atomic E-state index is 4.37. The molecule has 1 N–H and O–H groups in total. The van der Waals surface area contributed by atoms with Gasteiger partial charge in [-0.1, -0.05) is 30.9 Å². The highest BCUT2D eigenvalue weighted by molar-refractivity contribution is 5.63. The predicted octanol–water partition coefficient (Wildman–Crippen LogP) is 3.14. The van der Waals surface area contributed by atoms with Crippen molar-refractivity contribution in [2.75, 3.05) is 11.9 Å². The van der Waals surface area contributed by atoms with Gasteiger partial charge in [-0.15, -0.1) is 0 Å². The third-order valence-electron chi connectivity index (χ3n) is 2.79. The number of nitrogens with one attached hydrogen (secondary N) is 1. The summed E-state index contributed by atoms with van der Waals surface area (Å²) in [4.78, 5) is 8.71. The Balaban J connectivity index is 2.22. The van der Waals surface area contributed by atoms with E-state index in [2.05, 4.69) is 21.9 Å². The molecule has 2 aromatic heterocycles. The van der Waals surface area contributed by atoms with Crippen LogP contribution in [0.2, 0.25) is 0 Å². The van der Waals surface area contributed by atoms with E-state index in [1.165, 1.54) is 0 Å². The van der Waals surface area contributed by atoms with Crippen LogP contribution in [0.15, 0.2) is 55.0 Å². The second-order valence-corrected chi connectivity index (χ2v) is 4.20. The van der Waals surface area contributed by atoms with Gasteiger partial charge in [0.2, 0.25) is 0 Å². The lowest BCUT2D eigenvalue weighted by Crippen LogP contribution is -2.07. The van der Waals surface area contributed by atoms with Gasteiger partial charge in [0.05, 0.1) is 0 Å². The topological polar surface area (TPSA) is 42.2 Å². The number of aryl methyl sites for hydroxylation is 1. The minimum Gasteiger partial charge on any atom is -0.363 e. The average Bonchev–Trinajstić information content (AvgIpc) is 2.79. The smallest absolute Gasteiger partial charge is 0.180 e. The minimum atomic E-state index is 0.689. The molecule has 0 aromatic carbocycles. The van der Waals surface area contributed by atoms with Crippen LogP contribution in [0.1, 0.15) is 12.6 Å². The van der Waals surface area contributed by atoms with E-state index in [1.54, 1.807) is 12.3 Å². The number of nitrogens with zero attached hydrogens (tertiary/aromatic N) is 3. The molecule has 0 amide bonds. The third kappa shape index (κ3) is 2.91. The molecule has 4 heteroatoms. The van der Waals surface area contributed by atoms with Crippen molar-refractivity contribution in [2.24, 2.45) is 0 Å². The van der Waals surface area contributed by atoms with Crippen LogP contribution in [0.25, 0.3) is 5.65 Å². The summed E-state index contributed by atoms with van der Waals surface area (Å²) in [7, 11) is 0. The fourth-order valence-electron chi connectivity index (χ4n) is 1.89. The van der Waals surface area contributed by atoms with Crippen LogP contribution in [0, 0.1) is 6.92 Å². The molecule has 0 saturated carbocycles. The lowest BCUT2D eigenvalue weighted by Gasteiger charge is -2.07. The number of allylic oxidation sites excluding steroid dienone is 3. The number of aromatic nitrogens is 3. The molecule has 0 unspecified atom stereocenters. The average molecular weight is 254 g/mol. The second-order valence-electron chi connectivity index (χ2n) is 4.20. The second kappa shape index (κ2) is 6.00. The van der Waals surface area contributed by atoms with Gasteiger partial charge in [-0.3, -0.25) is 4.40 Å². The molecule has 4 nitrogen and oxygen atoms in total. The van der Waals surface area contributed by atoms with Crippen molar-refractivity contribution in [3.05, 3.63) is 60.7 Å². The van der Waals surface area contributed by atoms with Crippen molar-refractivity contribution in [3.8, 4) is 0 Å². The first-order valence-electron chi connectivity index (χ1n) is 6.23. The monoisotopic (exact) mass is 254 g/mol. The summed E-state index contributed by atoms with van der Waals surface area (Å²) >= 11 is 0. The summed E-state index contributed by atoms with van der Waals surface area (Å²) in [5.41, 5.74) is 3.08. The molecule has 0 fully saturated rings. The van der Waals surface area contributed by atoms with Crippen LogP contribution in [0.3, 0.4) is 0 Å². The summed E-state index contributed by atoms with van der Waals surface area (Å²) in [5.74, 6) is 0.787. The third-order valence-corrected chi connectivity index (χ3v) is 2.79. The maximum atomic E-state index is 4.37. The number of hydrogen-bond acceptors (Lipinski definition) is 3. The first kappa shape index (κ1) is 13.1. The fourth-order valence-corrected chi connectivity index (χ4v) is 1.89. The van der Waals surface area contributed by atoms with Gasteiger partial charge in [-0.25, -0.2) is 9.97 Å². The Morgan fingerprint density at radius 3 is 3.05 bits per heavy atom. The van der Waals surface area contributed by atoms with Gasteiger partial charge in [0, 0.05) is 30.8 Å². The first-order chi connectivity index (χ1) is 9.26. The van der Waals surface area contributed by atoms with Gasteiger partial charge in [-0.2, -0.15) is 0 Å². The molecule has 0 aliphatic heterocycles. The Bertz CT molecular complexity index is 635. The van der Waals surface area contributed by atoms with Crippen molar-refractivity contribution in [1.29, 1.82) is 0 Å². The van der Waals surface area contributed by atoms with E-state index in [0.29, 0.717) is 6.54 Å². The van der Waals surface area contributed by atoms with E-state index < -0.39 is 0 Å². The van der Waals surface area contributed by atoms with Crippen LogP contribution in [-0.2, 0) is 0 Å². The Labute approximate surface area is 113 Å². The van der Waals surface area contributed by atoms with E-state index in [-0.39, 0.29) is 0 Å². The molecular formula is C15H18N4. The maximum Gasteiger partial charge on any atom is 0.180 e. The van der Waals surface area contributed by atoms with Gasteiger partial charge in [0.15, 0.2) is 11.5 Å². The predicted molar refractivity (Wildman–Crippen MR) is 79.3 cm³/mol. The van der Waals surface area contributed by atoms with Crippen LogP contribution < -0.4 is 5.32 Å². The van der Waals surface area contributed by atoms with Crippen molar-refractivity contribution < 1.29 is 0 Å². The largest absolute Gasteiger partial charge is 0.363 e. The van der Waals surface area contributed by atoms with E-state index in [4.69, 9.17) is 0 Å². The quantitative estimate of drug-likeness (QED) is 0.833. The van der Waals surface area contributed by atoms with Gasteiger partial charge < -0.3 is 5.32 Å². The first-order valence-corrected chi connectivity index (χ1v) is 6.23. The molecule has 0 saturated heterocycles. The van der Waals surface area contributed by atoms with E-state index in [1.807, 2.05) is 48.9 Å². The SMILES string of the molecule is C=C/C=C(\C=C/C)CNc1nccn2c(C)cnc12. The lowest BCUT2D eigenvalue weighted by molar-refractivity contribution is 1.06. The highest BCUT2D eigenvalue weighted by Crippen LogP contribution is 2.14. The molecule has 19 heavy (non-hydrogen) atoms. The van der Waals surface area contributed by atoms with Crippen molar-refractivity contribution in [1.82, 2.24) is 14.4 Å². The molecule has 0 aliphatic carbocycles. The highest BCUT2D eigenvalue weighted by Gasteiger charge is 2.05. The Morgan fingerprint density at radius 1 is 1.47 bits per heavy atom. The molecule has 98 valence electrons. The highest BCUT2D eigenvalue weighted by atomic mass is 15.1. The molecule has 2 rings (SSSR count). The minimum absolute atomic E-state index is 0.689. The summed E-state index contributed by atoms with van der Waals surface area (Å²) in [6.45, 7) is 8.42. The number of rotatable bonds is 5. The Hall–Kier alpha value is -2.36. The van der Waals surface area contributed by atoms with Crippen LogP contribution in [0.4, 0.5) is 5.82 Å². The van der Waals surface area contributed by atoms with Gasteiger partial charge >= 0.3 is 0 Å². The number of anilines is 1. The van der Waals surface area contributed by atoms with Gasteiger partial charge in [-0.05, 0) is 19.4 Å². The molecule has 0 spiro atoms. The van der Waals surface area contributed by atoms with Crippen LogP contribution >= 0.6 is 0 Å². The Morgan fingerprint density at radius 2 is 2.32 bits per heavy atom. The molecular weight excluding hydrogens is 236 g/mol. The molecule has 2 heterocycles. The van der Waals surface area contributed by atoms with E-state index in [9.17, 15) is 0 Å². The number of imidazole rings is 1. The molecule has 0 aliphatic rings. The molecule has 0 radical (unpaired) electrons. The van der Waals surface area contributed by atoms with Gasteiger partial charge in [0.1, 0.15) is 0 Å². The Kier molecular flexibility index (Phi) is 4.13. The summed E-state index contributed by atoms with van der Waals surface area (Å²) < 4.78 is 2.02. The normalized spacial score (nSPS) is 12.2. The zero-order chi connectivity index (χ0) is 13.7. The summed E-state index contributed by atoms with van der Waals surface area (Å²) in [5, 5.41) is 3.31. The zero-order valence-electron chi connectivity index (χ0n) is 11.3. The number of fused-ring (bicyclic) bond motifs is 1. The van der Waals surface area contributed by atoms with E-state index in [0.717, 1.165) is 22.7 Å². The van der Waals surface area contributed by atoms with Crippen LogP contribution in [-0.4, -0.2) is 20.9 Å². The van der Waals surface area contributed by atoms with Crippen molar-refractivity contribution in [3.63, 3.8) is 0 Å².